The largest absolute Gasteiger partial charge is 0.490 e. The number of rotatable bonds is 5. The summed E-state index contributed by atoms with van der Waals surface area (Å²) in [6.45, 7) is 0.408. The van der Waals surface area contributed by atoms with Gasteiger partial charge in [0.25, 0.3) is 0 Å². The number of hydrogen-bond acceptors (Lipinski definition) is 4. The summed E-state index contributed by atoms with van der Waals surface area (Å²) in [4.78, 5) is 15.5. The summed E-state index contributed by atoms with van der Waals surface area (Å²) in [5, 5.41) is 0.131. The van der Waals surface area contributed by atoms with Gasteiger partial charge in [0, 0.05) is 10.7 Å². The van der Waals surface area contributed by atoms with Crippen molar-refractivity contribution in [3.05, 3.63) is 57.8 Å². The lowest BCUT2D eigenvalue weighted by Crippen LogP contribution is -2.13. The van der Waals surface area contributed by atoms with Crippen molar-refractivity contribution >= 4 is 33.5 Å². The second-order valence-corrected chi connectivity index (χ2v) is 5.05. The van der Waals surface area contributed by atoms with E-state index in [0.717, 1.165) is 4.47 Å². The summed E-state index contributed by atoms with van der Waals surface area (Å²) in [5.41, 5.74) is 0.248. The standard InChI is InChI=1S/C14H11BrClNO3/c15-10-3-5-11(6-4-10)19-8-9-20-14(18)12-2-1-7-17-13(12)16/h1-7H,8-9H2. The highest BCUT2D eigenvalue weighted by Gasteiger charge is 2.11. The first-order valence-corrected chi connectivity index (χ1v) is 7.00. The van der Waals surface area contributed by atoms with E-state index < -0.39 is 5.97 Å². The maximum atomic E-state index is 11.7. The van der Waals surface area contributed by atoms with Gasteiger partial charge in [-0.05, 0) is 36.4 Å². The Morgan fingerprint density at radius 2 is 1.95 bits per heavy atom. The van der Waals surface area contributed by atoms with Gasteiger partial charge in [-0.15, -0.1) is 0 Å². The summed E-state index contributed by atoms with van der Waals surface area (Å²) in [7, 11) is 0. The monoisotopic (exact) mass is 355 g/mol. The number of aromatic nitrogens is 1. The number of halogens is 2. The molecule has 20 heavy (non-hydrogen) atoms. The smallest absolute Gasteiger partial charge is 0.341 e. The third kappa shape index (κ3) is 4.21. The Morgan fingerprint density at radius 3 is 2.65 bits per heavy atom. The Balaban J connectivity index is 1.77. The highest BCUT2D eigenvalue weighted by atomic mass is 79.9. The third-order valence-corrected chi connectivity index (χ3v) is 3.21. The third-order valence-electron chi connectivity index (χ3n) is 2.38. The normalized spacial score (nSPS) is 10.1. The van der Waals surface area contributed by atoms with Gasteiger partial charge < -0.3 is 9.47 Å². The zero-order valence-corrected chi connectivity index (χ0v) is 12.7. The Kier molecular flexibility index (Phi) is 5.38. The van der Waals surface area contributed by atoms with Crippen LogP contribution in [0, 0.1) is 0 Å². The van der Waals surface area contributed by atoms with Gasteiger partial charge >= 0.3 is 5.97 Å². The molecular formula is C14H11BrClNO3. The number of pyridine rings is 1. The van der Waals surface area contributed by atoms with Gasteiger partial charge in [-0.25, -0.2) is 9.78 Å². The van der Waals surface area contributed by atoms with Crippen molar-refractivity contribution in [1.82, 2.24) is 4.98 Å². The summed E-state index contributed by atoms with van der Waals surface area (Å²) < 4.78 is 11.5. The summed E-state index contributed by atoms with van der Waals surface area (Å²) >= 11 is 9.13. The van der Waals surface area contributed by atoms with E-state index in [1.165, 1.54) is 6.20 Å². The molecule has 0 aliphatic carbocycles. The Morgan fingerprint density at radius 1 is 1.20 bits per heavy atom. The van der Waals surface area contributed by atoms with Gasteiger partial charge in [-0.3, -0.25) is 0 Å². The van der Waals surface area contributed by atoms with Crippen LogP contribution in [0.15, 0.2) is 47.1 Å². The van der Waals surface area contributed by atoms with E-state index in [9.17, 15) is 4.79 Å². The van der Waals surface area contributed by atoms with Crippen LogP contribution in [-0.2, 0) is 4.74 Å². The second-order valence-electron chi connectivity index (χ2n) is 3.78. The molecule has 0 atom stereocenters. The van der Waals surface area contributed by atoms with Crippen LogP contribution >= 0.6 is 27.5 Å². The number of carbonyl (C=O) groups is 1. The molecule has 0 radical (unpaired) electrons. The van der Waals surface area contributed by atoms with Gasteiger partial charge in [-0.1, -0.05) is 27.5 Å². The highest BCUT2D eigenvalue weighted by molar-refractivity contribution is 9.10. The topological polar surface area (TPSA) is 48.4 Å². The lowest BCUT2D eigenvalue weighted by atomic mass is 10.3. The predicted octanol–water partition coefficient (Wildman–Crippen LogP) is 3.73. The van der Waals surface area contributed by atoms with Crippen LogP contribution < -0.4 is 4.74 Å². The van der Waals surface area contributed by atoms with Gasteiger partial charge in [-0.2, -0.15) is 0 Å². The molecule has 0 aliphatic rings. The number of nitrogens with zero attached hydrogens (tertiary/aromatic N) is 1. The number of carbonyl (C=O) groups excluding carboxylic acids is 1. The van der Waals surface area contributed by atoms with Crippen molar-refractivity contribution in [3.8, 4) is 5.75 Å². The molecule has 6 heteroatoms. The molecule has 0 N–H and O–H groups in total. The molecular weight excluding hydrogens is 346 g/mol. The van der Waals surface area contributed by atoms with Gasteiger partial charge in [0.05, 0.1) is 5.56 Å². The lowest BCUT2D eigenvalue weighted by Gasteiger charge is -2.08. The molecule has 2 aromatic rings. The van der Waals surface area contributed by atoms with Crippen molar-refractivity contribution in [1.29, 1.82) is 0 Å². The van der Waals surface area contributed by atoms with Crippen LogP contribution in [-0.4, -0.2) is 24.2 Å². The first-order chi connectivity index (χ1) is 9.66. The van der Waals surface area contributed by atoms with Crippen molar-refractivity contribution in [2.75, 3.05) is 13.2 Å². The van der Waals surface area contributed by atoms with Gasteiger partial charge in [0.15, 0.2) is 0 Å². The van der Waals surface area contributed by atoms with Crippen LogP contribution in [0.5, 0.6) is 5.75 Å². The lowest BCUT2D eigenvalue weighted by molar-refractivity contribution is 0.0450. The molecule has 0 aliphatic heterocycles. The van der Waals surface area contributed by atoms with Crippen LogP contribution in [0.2, 0.25) is 5.15 Å². The molecule has 0 amide bonds. The van der Waals surface area contributed by atoms with E-state index in [1.807, 2.05) is 24.3 Å². The molecule has 0 fully saturated rings. The molecule has 1 aromatic carbocycles. The maximum absolute atomic E-state index is 11.7. The van der Waals surface area contributed by atoms with Gasteiger partial charge in [0.2, 0.25) is 0 Å². The number of benzene rings is 1. The summed E-state index contributed by atoms with van der Waals surface area (Å²) in [6.07, 6.45) is 1.51. The molecule has 0 saturated heterocycles. The summed E-state index contributed by atoms with van der Waals surface area (Å²) in [5.74, 6) is 0.200. The first-order valence-electron chi connectivity index (χ1n) is 5.83. The fraction of sp³-hybridized carbons (Fsp3) is 0.143. The fourth-order valence-corrected chi connectivity index (χ4v) is 1.90. The molecule has 0 saturated carbocycles. The van der Waals surface area contributed by atoms with E-state index in [-0.39, 0.29) is 23.9 Å². The average Bonchev–Trinajstić information content (AvgIpc) is 2.46. The average molecular weight is 357 g/mol. The molecule has 1 aromatic heterocycles. The molecule has 0 spiro atoms. The minimum absolute atomic E-state index is 0.131. The predicted molar refractivity (Wildman–Crippen MR) is 79.2 cm³/mol. The van der Waals surface area contributed by atoms with E-state index in [2.05, 4.69) is 20.9 Å². The zero-order chi connectivity index (χ0) is 14.4. The quantitative estimate of drug-likeness (QED) is 0.465. The number of hydrogen-bond donors (Lipinski definition) is 0. The Bertz CT molecular complexity index is 589. The first kappa shape index (κ1) is 14.8. The van der Waals surface area contributed by atoms with Gasteiger partial charge in [0.1, 0.15) is 24.1 Å². The van der Waals surface area contributed by atoms with Crippen molar-refractivity contribution < 1.29 is 14.3 Å². The van der Waals surface area contributed by atoms with Crippen molar-refractivity contribution in [3.63, 3.8) is 0 Å². The van der Waals surface area contributed by atoms with Crippen LogP contribution in [0.3, 0.4) is 0 Å². The van der Waals surface area contributed by atoms with E-state index in [0.29, 0.717) is 5.75 Å². The number of ether oxygens (including phenoxy) is 2. The van der Waals surface area contributed by atoms with E-state index in [1.54, 1.807) is 12.1 Å². The van der Waals surface area contributed by atoms with E-state index in [4.69, 9.17) is 21.1 Å². The molecule has 104 valence electrons. The van der Waals surface area contributed by atoms with Crippen molar-refractivity contribution in [2.24, 2.45) is 0 Å². The zero-order valence-electron chi connectivity index (χ0n) is 10.4. The minimum Gasteiger partial charge on any atom is -0.490 e. The number of esters is 1. The molecule has 0 bridgehead atoms. The Hall–Kier alpha value is -1.59. The maximum Gasteiger partial charge on any atom is 0.341 e. The SMILES string of the molecule is O=C(OCCOc1ccc(Br)cc1)c1cccnc1Cl. The molecule has 2 rings (SSSR count). The molecule has 4 nitrogen and oxygen atoms in total. The van der Waals surface area contributed by atoms with Crippen LogP contribution in [0.25, 0.3) is 0 Å². The fourth-order valence-electron chi connectivity index (χ4n) is 1.44. The van der Waals surface area contributed by atoms with Crippen LogP contribution in [0.1, 0.15) is 10.4 Å². The Labute approximate surface area is 129 Å². The molecule has 0 unspecified atom stereocenters. The summed E-state index contributed by atoms with van der Waals surface area (Å²) in [6, 6.07) is 10.6. The van der Waals surface area contributed by atoms with E-state index >= 15 is 0 Å². The molecule has 1 heterocycles. The van der Waals surface area contributed by atoms with Crippen molar-refractivity contribution in [2.45, 2.75) is 0 Å². The highest BCUT2D eigenvalue weighted by Crippen LogP contribution is 2.16. The van der Waals surface area contributed by atoms with Crippen LogP contribution in [0.4, 0.5) is 0 Å². The minimum atomic E-state index is -0.512. The second kappa shape index (κ2) is 7.26.